The molecule has 5 aromatic rings. The molecule has 0 fully saturated rings. The topological polar surface area (TPSA) is 140 Å². The monoisotopic (exact) mass is 737 g/mol. The molecule has 0 aliphatic carbocycles. The quantitative estimate of drug-likeness (QED) is 0.0947. The Kier molecular flexibility index (Phi) is 10.4. The lowest BCUT2D eigenvalue weighted by molar-refractivity contribution is -0.154. The molecule has 4 heterocycles. The Hall–Kier alpha value is -5.51. The number of hydrogen-bond acceptors (Lipinski definition) is 10. The first-order valence-corrected chi connectivity index (χ1v) is 17.1. The molecule has 1 aliphatic heterocycles. The third-order valence-electron chi connectivity index (χ3n) is 9.37. The SMILES string of the molecule is CCc1cccc(CC)c1-n1nc2c(c1-c1cc(F)c(OC)c3c1ccn3C(=O)OCOC(=O)[C@@H](N)C(C)C)CN(c1ncc(C(F)(F)F)cn1)CC2. The van der Waals surface area contributed by atoms with Gasteiger partial charge in [0.25, 0.3) is 0 Å². The van der Waals surface area contributed by atoms with Crippen LogP contribution in [0.1, 0.15) is 55.6 Å². The van der Waals surface area contributed by atoms with Crippen molar-refractivity contribution in [2.24, 2.45) is 11.7 Å². The second kappa shape index (κ2) is 14.8. The predicted molar refractivity (Wildman–Crippen MR) is 187 cm³/mol. The van der Waals surface area contributed by atoms with Crippen LogP contribution < -0.4 is 15.4 Å². The van der Waals surface area contributed by atoms with Crippen molar-refractivity contribution in [3.8, 4) is 22.7 Å². The summed E-state index contributed by atoms with van der Waals surface area (Å²) < 4.78 is 74.7. The van der Waals surface area contributed by atoms with Crippen molar-refractivity contribution in [3.05, 3.63) is 82.7 Å². The third kappa shape index (κ3) is 7.02. The zero-order valence-electron chi connectivity index (χ0n) is 29.8. The second-order valence-corrected chi connectivity index (χ2v) is 12.9. The van der Waals surface area contributed by atoms with Gasteiger partial charge in [-0.25, -0.2) is 28.4 Å². The number of carbonyl (C=O) groups is 2. The van der Waals surface area contributed by atoms with E-state index >= 15 is 4.39 Å². The Morgan fingerprint density at radius 3 is 2.32 bits per heavy atom. The van der Waals surface area contributed by atoms with Gasteiger partial charge in [0, 0.05) is 54.6 Å². The average molecular weight is 738 g/mol. The van der Waals surface area contributed by atoms with E-state index in [2.05, 4.69) is 9.97 Å². The summed E-state index contributed by atoms with van der Waals surface area (Å²) >= 11 is 0. The number of esters is 1. The number of alkyl halides is 3. The van der Waals surface area contributed by atoms with Gasteiger partial charge in [-0.2, -0.15) is 18.3 Å². The fourth-order valence-electron chi connectivity index (χ4n) is 6.48. The fourth-order valence-corrected chi connectivity index (χ4v) is 6.48. The van der Waals surface area contributed by atoms with E-state index in [1.807, 2.05) is 32.0 Å². The van der Waals surface area contributed by atoms with Crippen molar-refractivity contribution in [2.75, 3.05) is 25.3 Å². The minimum atomic E-state index is -4.59. The zero-order chi connectivity index (χ0) is 38.2. The first-order chi connectivity index (χ1) is 25.3. The van der Waals surface area contributed by atoms with Crippen LogP contribution in [0.4, 0.5) is 28.3 Å². The number of fused-ring (bicyclic) bond motifs is 2. The summed E-state index contributed by atoms with van der Waals surface area (Å²) in [5.74, 6) is -1.86. The van der Waals surface area contributed by atoms with Gasteiger partial charge in [0.1, 0.15) is 11.6 Å². The first-order valence-electron chi connectivity index (χ1n) is 17.1. The van der Waals surface area contributed by atoms with Crippen molar-refractivity contribution in [3.63, 3.8) is 0 Å². The number of hydrogen-bond donors (Lipinski definition) is 1. The van der Waals surface area contributed by atoms with Gasteiger partial charge in [-0.05, 0) is 42.0 Å². The molecule has 0 saturated carbocycles. The maximum Gasteiger partial charge on any atom is 0.421 e. The molecule has 16 heteroatoms. The highest BCUT2D eigenvalue weighted by molar-refractivity contribution is 6.03. The van der Waals surface area contributed by atoms with E-state index < -0.39 is 42.5 Å². The number of benzene rings is 2. The summed E-state index contributed by atoms with van der Waals surface area (Å²) in [5.41, 5.74) is 10.0. The van der Waals surface area contributed by atoms with Crippen LogP contribution >= 0.6 is 0 Å². The maximum atomic E-state index is 16.2. The number of carbonyl (C=O) groups excluding carboxylic acids is 2. The zero-order valence-corrected chi connectivity index (χ0v) is 29.8. The van der Waals surface area contributed by atoms with Crippen LogP contribution in [0, 0.1) is 11.7 Å². The van der Waals surface area contributed by atoms with Crippen LogP contribution in [0.2, 0.25) is 0 Å². The maximum absolute atomic E-state index is 16.2. The number of methoxy groups -OCH3 is 1. The van der Waals surface area contributed by atoms with E-state index in [4.69, 9.17) is 25.0 Å². The molecule has 0 amide bonds. The molecule has 1 aliphatic rings. The number of ether oxygens (including phenoxy) is 3. The van der Waals surface area contributed by atoms with E-state index in [1.165, 1.54) is 19.4 Å². The first kappa shape index (κ1) is 37.3. The molecular weight excluding hydrogens is 698 g/mol. The van der Waals surface area contributed by atoms with Crippen molar-refractivity contribution in [2.45, 2.75) is 65.7 Å². The summed E-state index contributed by atoms with van der Waals surface area (Å²) in [6.45, 7) is 7.33. The van der Waals surface area contributed by atoms with Gasteiger partial charge in [-0.3, -0.25) is 4.79 Å². The van der Waals surface area contributed by atoms with Crippen molar-refractivity contribution < 1.29 is 41.4 Å². The van der Waals surface area contributed by atoms with Crippen LogP contribution in [-0.4, -0.2) is 62.9 Å². The van der Waals surface area contributed by atoms with Gasteiger partial charge in [0.05, 0.1) is 29.7 Å². The van der Waals surface area contributed by atoms with Crippen LogP contribution in [0.15, 0.2) is 48.9 Å². The number of aromatic nitrogens is 5. The highest BCUT2D eigenvalue weighted by atomic mass is 19.4. The number of para-hydroxylation sites is 1. The summed E-state index contributed by atoms with van der Waals surface area (Å²) in [7, 11) is 1.27. The molecule has 0 unspecified atom stereocenters. The van der Waals surface area contributed by atoms with E-state index in [1.54, 1.807) is 29.5 Å². The number of nitrogens with zero attached hydrogens (tertiary/aromatic N) is 6. The Morgan fingerprint density at radius 1 is 1.04 bits per heavy atom. The summed E-state index contributed by atoms with van der Waals surface area (Å²) in [5, 5.41) is 5.50. The number of aryl methyl sites for hydroxylation is 2. The number of nitrogens with two attached hydrogens (primary N) is 1. The summed E-state index contributed by atoms with van der Waals surface area (Å²) in [6, 6.07) is 7.98. The fraction of sp³-hybridized carbons (Fsp3) is 0.378. The molecule has 12 nitrogen and oxygen atoms in total. The third-order valence-corrected chi connectivity index (χ3v) is 9.37. The summed E-state index contributed by atoms with van der Waals surface area (Å²) in [6.07, 6.45) is -0.944. The number of halogens is 4. The molecule has 53 heavy (non-hydrogen) atoms. The van der Waals surface area contributed by atoms with E-state index in [-0.39, 0.29) is 29.7 Å². The second-order valence-electron chi connectivity index (χ2n) is 12.9. The van der Waals surface area contributed by atoms with Gasteiger partial charge in [0.15, 0.2) is 11.6 Å². The molecule has 0 bridgehead atoms. The van der Waals surface area contributed by atoms with E-state index in [9.17, 15) is 22.8 Å². The highest BCUT2D eigenvalue weighted by Gasteiger charge is 2.34. The highest BCUT2D eigenvalue weighted by Crippen LogP contribution is 2.43. The average Bonchev–Trinajstić information content (AvgIpc) is 3.75. The Labute approximate surface area is 302 Å². The molecule has 0 spiro atoms. The lowest BCUT2D eigenvalue weighted by Crippen LogP contribution is -2.37. The molecule has 1 atom stereocenters. The van der Waals surface area contributed by atoms with E-state index in [0.29, 0.717) is 53.7 Å². The van der Waals surface area contributed by atoms with Gasteiger partial charge < -0.3 is 24.8 Å². The molecule has 0 saturated heterocycles. The smallest absolute Gasteiger partial charge is 0.421 e. The summed E-state index contributed by atoms with van der Waals surface area (Å²) in [4.78, 5) is 35.4. The van der Waals surface area contributed by atoms with Crippen molar-refractivity contribution in [1.29, 1.82) is 0 Å². The van der Waals surface area contributed by atoms with Crippen LogP contribution in [-0.2, 0) is 46.3 Å². The van der Waals surface area contributed by atoms with Crippen molar-refractivity contribution >= 4 is 28.9 Å². The molecular formula is C37H39F4N7O5. The van der Waals surface area contributed by atoms with Crippen LogP contribution in [0.3, 0.4) is 0 Å². The van der Waals surface area contributed by atoms with Crippen LogP contribution in [0.5, 0.6) is 5.75 Å². The number of anilines is 1. The van der Waals surface area contributed by atoms with Gasteiger partial charge >= 0.3 is 18.2 Å². The minimum Gasteiger partial charge on any atom is -0.492 e. The molecule has 280 valence electrons. The Morgan fingerprint density at radius 2 is 1.72 bits per heavy atom. The lowest BCUT2D eigenvalue weighted by Gasteiger charge is -2.27. The normalized spacial score (nSPS) is 13.7. The molecule has 2 N–H and O–H groups in total. The molecule has 3 aromatic heterocycles. The van der Waals surface area contributed by atoms with E-state index in [0.717, 1.165) is 33.8 Å². The Balaban J connectivity index is 1.50. The van der Waals surface area contributed by atoms with Gasteiger partial charge in [-0.1, -0.05) is 45.9 Å². The standard InChI is InChI=1S/C37H39F4N7O5/c1-6-21-9-8-10-22(7-2)30(21)48-31(26-18-46(13-12-28(26)45-48)35-43-16-23(17-44-35)37(39,40)41)25-15-27(38)33(51-5)32-24(25)11-14-47(32)36(50)53-19-52-34(49)29(42)20(3)4/h8-11,14-17,20,29H,6-7,12-13,18-19,42H2,1-5H3/t29-/m0/s1. The minimum absolute atomic E-state index is 0.0532. The molecule has 2 aromatic carbocycles. The number of rotatable bonds is 10. The predicted octanol–water partition coefficient (Wildman–Crippen LogP) is 6.61. The Bertz CT molecular complexity index is 2140. The van der Waals surface area contributed by atoms with Gasteiger partial charge in [-0.15, -0.1) is 0 Å². The molecule has 6 rings (SSSR count). The van der Waals surface area contributed by atoms with Crippen LogP contribution in [0.25, 0.3) is 27.8 Å². The molecule has 0 radical (unpaired) electrons. The van der Waals surface area contributed by atoms with Crippen molar-refractivity contribution in [1.82, 2.24) is 24.3 Å². The largest absolute Gasteiger partial charge is 0.492 e. The van der Waals surface area contributed by atoms with Gasteiger partial charge in [0.2, 0.25) is 12.7 Å². The lowest BCUT2D eigenvalue weighted by atomic mass is 9.97.